The highest BCUT2D eigenvalue weighted by molar-refractivity contribution is 5.77. The molecule has 6 N–H and O–H groups in total. The summed E-state index contributed by atoms with van der Waals surface area (Å²) in [6, 6.07) is 6.48. The van der Waals surface area contributed by atoms with Gasteiger partial charge in [0.15, 0.2) is 0 Å². The van der Waals surface area contributed by atoms with Crippen molar-refractivity contribution < 1.29 is 14.7 Å². The van der Waals surface area contributed by atoms with Crippen molar-refractivity contribution in [1.82, 2.24) is 10.4 Å². The van der Waals surface area contributed by atoms with Gasteiger partial charge in [-0.3, -0.25) is 15.0 Å². The number of aliphatic carboxylic acids is 1. The van der Waals surface area contributed by atoms with Gasteiger partial charge < -0.3 is 16.6 Å². The molecule has 0 aromatic heterocycles. The molecule has 0 aliphatic carbocycles. The summed E-state index contributed by atoms with van der Waals surface area (Å²) in [4.78, 5) is 22.1. The predicted molar refractivity (Wildman–Crippen MR) is 70.8 cm³/mol. The lowest BCUT2D eigenvalue weighted by atomic mass is 10.0. The van der Waals surface area contributed by atoms with E-state index in [4.69, 9.17) is 16.6 Å². The van der Waals surface area contributed by atoms with Gasteiger partial charge >= 0.3 is 5.97 Å². The van der Waals surface area contributed by atoms with Crippen LogP contribution < -0.4 is 16.9 Å². The topological polar surface area (TPSA) is 122 Å². The fourth-order valence-corrected chi connectivity index (χ4v) is 1.56. The number of hydrogen-bond acceptors (Lipinski definition) is 5. The van der Waals surface area contributed by atoms with Gasteiger partial charge in [0.2, 0.25) is 5.91 Å². The van der Waals surface area contributed by atoms with E-state index >= 15 is 0 Å². The molecule has 7 heteroatoms. The molecule has 1 aromatic carbocycles. The Hall–Kier alpha value is -2.12. The van der Waals surface area contributed by atoms with E-state index in [1.807, 2.05) is 0 Å². The molecule has 104 valence electrons. The largest absolute Gasteiger partial charge is 0.480 e. The molecule has 0 fully saturated rings. The van der Waals surface area contributed by atoms with Crippen LogP contribution in [0.5, 0.6) is 0 Å². The van der Waals surface area contributed by atoms with Crippen LogP contribution in [0.1, 0.15) is 18.0 Å². The molecule has 1 amide bonds. The van der Waals surface area contributed by atoms with Crippen LogP contribution >= 0.6 is 0 Å². The van der Waals surface area contributed by atoms with E-state index in [1.54, 1.807) is 24.3 Å². The quantitative estimate of drug-likeness (QED) is 0.414. The number of carbonyl (C=O) groups is 2. The number of nitrogens with one attached hydrogen (secondary N) is 1. The number of anilines is 1. The molecule has 1 atom stereocenters. The zero-order valence-electron chi connectivity index (χ0n) is 10.7. The lowest BCUT2D eigenvalue weighted by Crippen LogP contribution is -2.43. The van der Waals surface area contributed by atoms with Crippen molar-refractivity contribution >= 4 is 17.6 Å². The van der Waals surface area contributed by atoms with Crippen molar-refractivity contribution in [3.8, 4) is 0 Å². The van der Waals surface area contributed by atoms with E-state index < -0.39 is 12.0 Å². The molecule has 0 heterocycles. The van der Waals surface area contributed by atoms with Crippen LogP contribution in [0.15, 0.2) is 24.3 Å². The van der Waals surface area contributed by atoms with Crippen molar-refractivity contribution in [3.05, 3.63) is 29.8 Å². The molecule has 0 aliphatic rings. The van der Waals surface area contributed by atoms with Gasteiger partial charge in [-0.15, -0.1) is 0 Å². The molecular weight excluding hydrogens is 248 g/mol. The zero-order chi connectivity index (χ0) is 14.4. The Morgan fingerprint density at radius 3 is 2.47 bits per heavy atom. The van der Waals surface area contributed by atoms with Crippen molar-refractivity contribution in [2.45, 2.75) is 12.5 Å². The number of carboxylic acids is 1. The Morgan fingerprint density at radius 1 is 1.37 bits per heavy atom. The number of amides is 1. The Morgan fingerprint density at radius 2 is 1.95 bits per heavy atom. The second-order valence-corrected chi connectivity index (χ2v) is 4.26. The van der Waals surface area contributed by atoms with Crippen LogP contribution in [-0.4, -0.2) is 35.6 Å². The summed E-state index contributed by atoms with van der Waals surface area (Å²) in [5, 5.41) is 9.75. The van der Waals surface area contributed by atoms with E-state index in [0.717, 1.165) is 5.56 Å². The minimum absolute atomic E-state index is 0.0634. The van der Waals surface area contributed by atoms with Gasteiger partial charge in [-0.05, 0) is 17.7 Å². The van der Waals surface area contributed by atoms with E-state index in [1.165, 1.54) is 12.1 Å². The Kier molecular flexibility index (Phi) is 5.28. The number of nitrogen functional groups attached to an aromatic ring is 1. The number of nitrogens with zero attached hydrogens (tertiary/aromatic N) is 1. The maximum Gasteiger partial charge on any atom is 0.319 e. The first-order valence-corrected chi connectivity index (χ1v) is 5.72. The number of benzene rings is 1. The highest BCUT2D eigenvalue weighted by Gasteiger charge is 2.13. The molecule has 0 spiro atoms. The van der Waals surface area contributed by atoms with Gasteiger partial charge in [0.05, 0.1) is 0 Å². The van der Waals surface area contributed by atoms with E-state index in [2.05, 4.69) is 5.43 Å². The van der Waals surface area contributed by atoms with Crippen LogP contribution in [0.3, 0.4) is 0 Å². The van der Waals surface area contributed by atoms with Crippen LogP contribution in [0.4, 0.5) is 5.69 Å². The molecule has 1 aromatic rings. The van der Waals surface area contributed by atoms with Gasteiger partial charge in [-0.2, -0.15) is 0 Å². The molecule has 0 saturated carbocycles. The van der Waals surface area contributed by atoms with Crippen molar-refractivity contribution in [2.75, 3.05) is 19.3 Å². The normalized spacial score (nSPS) is 12.2. The summed E-state index contributed by atoms with van der Waals surface area (Å²) < 4.78 is 0. The summed E-state index contributed by atoms with van der Waals surface area (Å²) in [5.74, 6) is -1.36. The second-order valence-electron chi connectivity index (χ2n) is 4.26. The SMILES string of the molecule is CN(CC(=O)O)NC(=O)CC(N)c1ccc(N)cc1. The second kappa shape index (κ2) is 6.72. The number of likely N-dealkylation sites (N-methyl/N-ethyl adjacent to an activating group) is 1. The minimum atomic E-state index is -1.02. The van der Waals surface area contributed by atoms with E-state index in [-0.39, 0.29) is 18.9 Å². The summed E-state index contributed by atoms with van der Waals surface area (Å²) in [5.41, 5.74) is 15.3. The number of nitrogens with two attached hydrogens (primary N) is 2. The Balaban J connectivity index is 2.47. The van der Waals surface area contributed by atoms with Crippen LogP contribution in [0, 0.1) is 0 Å². The molecule has 1 rings (SSSR count). The average Bonchev–Trinajstić information content (AvgIpc) is 2.27. The third kappa shape index (κ3) is 5.36. The van der Waals surface area contributed by atoms with E-state index in [0.29, 0.717) is 5.69 Å². The molecule has 0 radical (unpaired) electrons. The molecule has 0 saturated heterocycles. The minimum Gasteiger partial charge on any atom is -0.480 e. The summed E-state index contributed by atoms with van der Waals surface area (Å²) >= 11 is 0. The number of carboxylic acid groups (broad SMARTS) is 1. The zero-order valence-corrected chi connectivity index (χ0v) is 10.7. The molecule has 0 aliphatic heterocycles. The summed E-state index contributed by atoms with van der Waals surface area (Å²) in [7, 11) is 1.47. The molecule has 1 unspecified atom stereocenters. The lowest BCUT2D eigenvalue weighted by Gasteiger charge is -2.17. The lowest BCUT2D eigenvalue weighted by molar-refractivity contribution is -0.139. The van der Waals surface area contributed by atoms with Gasteiger partial charge in [0.25, 0.3) is 0 Å². The molecule has 0 bridgehead atoms. The highest BCUT2D eigenvalue weighted by Crippen LogP contribution is 2.15. The first-order valence-electron chi connectivity index (χ1n) is 5.72. The van der Waals surface area contributed by atoms with Gasteiger partial charge in [0.1, 0.15) is 6.54 Å². The average molecular weight is 266 g/mol. The maximum absolute atomic E-state index is 11.6. The van der Waals surface area contributed by atoms with Crippen molar-refractivity contribution in [3.63, 3.8) is 0 Å². The Bertz CT molecular complexity index is 447. The summed E-state index contributed by atoms with van der Waals surface area (Å²) in [6.45, 7) is -0.275. The Labute approximate surface area is 111 Å². The van der Waals surface area contributed by atoms with Gasteiger partial charge in [0, 0.05) is 25.2 Å². The number of carbonyl (C=O) groups excluding carboxylic acids is 1. The third-order valence-electron chi connectivity index (χ3n) is 2.46. The van der Waals surface area contributed by atoms with E-state index in [9.17, 15) is 9.59 Å². The number of hydrazine groups is 1. The number of rotatable bonds is 6. The van der Waals surface area contributed by atoms with Crippen LogP contribution in [0.2, 0.25) is 0 Å². The first-order chi connectivity index (χ1) is 8.88. The summed E-state index contributed by atoms with van der Waals surface area (Å²) in [6.07, 6.45) is 0.0634. The fraction of sp³-hybridized carbons (Fsp3) is 0.333. The third-order valence-corrected chi connectivity index (χ3v) is 2.46. The van der Waals surface area contributed by atoms with Gasteiger partial charge in [-0.25, -0.2) is 5.01 Å². The van der Waals surface area contributed by atoms with Crippen molar-refractivity contribution in [2.24, 2.45) is 5.73 Å². The van der Waals surface area contributed by atoms with Crippen LogP contribution in [0.25, 0.3) is 0 Å². The number of hydrogen-bond donors (Lipinski definition) is 4. The van der Waals surface area contributed by atoms with Gasteiger partial charge in [-0.1, -0.05) is 12.1 Å². The van der Waals surface area contributed by atoms with Crippen LogP contribution in [-0.2, 0) is 9.59 Å². The standard InChI is InChI=1S/C12H18N4O3/c1-16(7-12(18)19)15-11(17)6-10(14)8-2-4-9(13)5-3-8/h2-5,10H,6-7,13-14H2,1H3,(H,15,17)(H,18,19). The first kappa shape index (κ1) is 14.9. The maximum atomic E-state index is 11.6. The monoisotopic (exact) mass is 266 g/mol. The molecule has 19 heavy (non-hydrogen) atoms. The fourth-order valence-electron chi connectivity index (χ4n) is 1.56. The van der Waals surface area contributed by atoms with Crippen molar-refractivity contribution in [1.29, 1.82) is 0 Å². The molecular formula is C12H18N4O3. The molecule has 7 nitrogen and oxygen atoms in total. The smallest absolute Gasteiger partial charge is 0.319 e. The highest BCUT2D eigenvalue weighted by atomic mass is 16.4. The predicted octanol–water partition coefficient (Wildman–Crippen LogP) is -0.294.